The average Bonchev–Trinajstić information content (AvgIpc) is 2.44. The number of benzene rings is 2. The predicted octanol–water partition coefficient (Wildman–Crippen LogP) is 3.16. The van der Waals surface area contributed by atoms with Crippen molar-refractivity contribution in [2.45, 2.75) is 18.4 Å². The van der Waals surface area contributed by atoms with Crippen LogP contribution in [0.4, 0.5) is 5.69 Å². The lowest BCUT2D eigenvalue weighted by Crippen LogP contribution is -2.26. The summed E-state index contributed by atoms with van der Waals surface area (Å²) in [6, 6.07) is 12.4. The second kappa shape index (κ2) is 6.17. The Morgan fingerprint density at radius 1 is 1.14 bits per heavy atom. The van der Waals surface area contributed by atoms with Crippen LogP contribution in [0, 0.1) is 6.92 Å². The van der Waals surface area contributed by atoms with E-state index in [0.29, 0.717) is 16.7 Å². The Hall–Kier alpha value is -1.37. The molecule has 0 saturated carbocycles. The topological polar surface area (TPSA) is 63.4 Å². The molecule has 0 saturated heterocycles. The van der Waals surface area contributed by atoms with Gasteiger partial charge < -0.3 is 5.73 Å². The lowest BCUT2D eigenvalue weighted by Gasteiger charge is -2.18. The molecule has 0 radical (unpaired) electrons. The van der Waals surface area contributed by atoms with E-state index in [1.54, 1.807) is 13.1 Å². The van der Waals surface area contributed by atoms with Crippen LogP contribution in [0.1, 0.15) is 11.1 Å². The number of sulfonamides is 1. The molecule has 0 aliphatic rings. The van der Waals surface area contributed by atoms with Gasteiger partial charge >= 0.3 is 0 Å². The fourth-order valence-corrected chi connectivity index (χ4v) is 3.60. The molecule has 0 aromatic heterocycles. The second-order valence-corrected chi connectivity index (χ2v) is 7.83. The highest BCUT2D eigenvalue weighted by Crippen LogP contribution is 2.25. The smallest absolute Gasteiger partial charge is 0.243 e. The average molecular weight is 369 g/mol. The molecule has 0 fully saturated rings. The van der Waals surface area contributed by atoms with Gasteiger partial charge in [-0.2, -0.15) is 4.31 Å². The Morgan fingerprint density at radius 2 is 1.76 bits per heavy atom. The van der Waals surface area contributed by atoms with Crippen molar-refractivity contribution in [1.29, 1.82) is 0 Å². The fraction of sp³-hybridized carbons (Fsp3) is 0.200. The van der Waals surface area contributed by atoms with Crippen molar-refractivity contribution < 1.29 is 8.42 Å². The maximum Gasteiger partial charge on any atom is 0.243 e. The zero-order valence-corrected chi connectivity index (χ0v) is 14.3. The molecule has 0 bridgehead atoms. The number of hydrogen-bond donors (Lipinski definition) is 1. The quantitative estimate of drug-likeness (QED) is 0.842. The lowest BCUT2D eigenvalue weighted by molar-refractivity contribution is 0.466. The van der Waals surface area contributed by atoms with Gasteiger partial charge in [0.15, 0.2) is 0 Å². The summed E-state index contributed by atoms with van der Waals surface area (Å²) >= 11 is 3.25. The zero-order valence-electron chi connectivity index (χ0n) is 11.9. The van der Waals surface area contributed by atoms with E-state index in [4.69, 9.17) is 5.73 Å². The number of hydrogen-bond acceptors (Lipinski definition) is 3. The van der Waals surface area contributed by atoms with Crippen LogP contribution in [0.2, 0.25) is 0 Å². The van der Waals surface area contributed by atoms with Crippen LogP contribution in [-0.4, -0.2) is 19.8 Å². The molecule has 2 aromatic rings. The van der Waals surface area contributed by atoms with Crippen molar-refractivity contribution in [2.24, 2.45) is 0 Å². The molecule has 2 N–H and O–H groups in total. The van der Waals surface area contributed by atoms with Gasteiger partial charge in [-0.3, -0.25) is 0 Å². The molecule has 0 aliphatic carbocycles. The van der Waals surface area contributed by atoms with Crippen molar-refractivity contribution in [3.63, 3.8) is 0 Å². The molecule has 2 rings (SSSR count). The molecule has 2 aromatic carbocycles. The molecule has 0 heterocycles. The minimum Gasteiger partial charge on any atom is -0.398 e. The standard InChI is InChI=1S/C15H17BrN2O2S/c1-11-3-5-12(6-4-11)10-18(2)21(19,20)13-7-8-15(17)14(16)9-13/h3-9H,10,17H2,1-2H3. The van der Waals surface area contributed by atoms with Crippen molar-refractivity contribution in [3.8, 4) is 0 Å². The Morgan fingerprint density at radius 3 is 2.33 bits per heavy atom. The first kappa shape index (κ1) is 16.0. The summed E-state index contributed by atoms with van der Waals surface area (Å²) in [7, 11) is -1.97. The number of rotatable bonds is 4. The Bertz CT molecular complexity index is 743. The van der Waals surface area contributed by atoms with Gasteiger partial charge in [0.2, 0.25) is 10.0 Å². The number of nitrogens with two attached hydrogens (primary N) is 1. The number of halogens is 1. The van der Waals surface area contributed by atoms with E-state index in [1.807, 2.05) is 31.2 Å². The monoisotopic (exact) mass is 368 g/mol. The van der Waals surface area contributed by atoms with Crippen LogP contribution in [0.3, 0.4) is 0 Å². The molecule has 0 unspecified atom stereocenters. The van der Waals surface area contributed by atoms with E-state index in [1.165, 1.54) is 16.4 Å². The third kappa shape index (κ3) is 3.64. The highest BCUT2D eigenvalue weighted by molar-refractivity contribution is 9.10. The number of aryl methyl sites for hydroxylation is 1. The van der Waals surface area contributed by atoms with Crippen molar-refractivity contribution in [1.82, 2.24) is 4.31 Å². The van der Waals surface area contributed by atoms with E-state index >= 15 is 0 Å². The summed E-state index contributed by atoms with van der Waals surface area (Å²) in [6.07, 6.45) is 0. The van der Waals surface area contributed by atoms with Gasteiger partial charge in [0.05, 0.1) is 4.90 Å². The summed E-state index contributed by atoms with van der Waals surface area (Å²) in [5.74, 6) is 0. The highest BCUT2D eigenvalue weighted by Gasteiger charge is 2.21. The van der Waals surface area contributed by atoms with E-state index in [0.717, 1.165) is 11.1 Å². The Kier molecular flexibility index (Phi) is 4.70. The van der Waals surface area contributed by atoms with E-state index in [9.17, 15) is 8.42 Å². The lowest BCUT2D eigenvalue weighted by atomic mass is 10.1. The normalized spacial score (nSPS) is 11.8. The van der Waals surface area contributed by atoms with Crippen molar-refractivity contribution in [2.75, 3.05) is 12.8 Å². The van der Waals surface area contributed by atoms with Gasteiger partial charge in [0.25, 0.3) is 0 Å². The molecule has 0 spiro atoms. The second-order valence-electron chi connectivity index (χ2n) is 4.93. The summed E-state index contributed by atoms with van der Waals surface area (Å²) in [5.41, 5.74) is 8.29. The summed E-state index contributed by atoms with van der Waals surface area (Å²) in [6.45, 7) is 2.32. The summed E-state index contributed by atoms with van der Waals surface area (Å²) in [5, 5.41) is 0. The Balaban J connectivity index is 2.25. The van der Waals surface area contributed by atoms with Crippen LogP contribution in [0.15, 0.2) is 51.8 Å². The van der Waals surface area contributed by atoms with E-state index in [-0.39, 0.29) is 4.90 Å². The fourth-order valence-electron chi connectivity index (χ4n) is 1.88. The van der Waals surface area contributed by atoms with E-state index < -0.39 is 10.0 Å². The highest BCUT2D eigenvalue weighted by atomic mass is 79.9. The third-order valence-corrected chi connectivity index (χ3v) is 5.69. The first-order valence-corrected chi connectivity index (χ1v) is 8.61. The molecular formula is C15H17BrN2O2S. The van der Waals surface area contributed by atoms with Crippen LogP contribution in [0.5, 0.6) is 0 Å². The maximum absolute atomic E-state index is 12.5. The molecule has 0 amide bonds. The molecule has 0 atom stereocenters. The first-order chi connectivity index (χ1) is 9.80. The van der Waals surface area contributed by atoms with Crippen LogP contribution in [-0.2, 0) is 16.6 Å². The number of anilines is 1. The number of nitrogen functional groups attached to an aromatic ring is 1. The van der Waals surface area contributed by atoms with Crippen LogP contribution < -0.4 is 5.73 Å². The van der Waals surface area contributed by atoms with Crippen LogP contribution in [0.25, 0.3) is 0 Å². The van der Waals surface area contributed by atoms with Gasteiger partial charge in [0.1, 0.15) is 0 Å². The molecule has 112 valence electrons. The first-order valence-electron chi connectivity index (χ1n) is 6.37. The van der Waals surface area contributed by atoms with Gasteiger partial charge in [-0.05, 0) is 46.6 Å². The van der Waals surface area contributed by atoms with E-state index in [2.05, 4.69) is 15.9 Å². The Labute approximate surface area is 133 Å². The summed E-state index contributed by atoms with van der Waals surface area (Å²) in [4.78, 5) is 0.221. The molecule has 4 nitrogen and oxygen atoms in total. The predicted molar refractivity (Wildman–Crippen MR) is 88.4 cm³/mol. The summed E-state index contributed by atoms with van der Waals surface area (Å²) < 4.78 is 27.0. The minimum absolute atomic E-state index is 0.221. The van der Waals surface area contributed by atoms with Crippen molar-refractivity contribution >= 4 is 31.6 Å². The molecule has 6 heteroatoms. The zero-order chi connectivity index (χ0) is 15.6. The van der Waals surface area contributed by atoms with Crippen molar-refractivity contribution in [3.05, 3.63) is 58.1 Å². The van der Waals surface area contributed by atoms with Gasteiger partial charge in [-0.25, -0.2) is 8.42 Å². The molecule has 21 heavy (non-hydrogen) atoms. The maximum atomic E-state index is 12.5. The molecular weight excluding hydrogens is 352 g/mol. The van der Waals surface area contributed by atoms with Gasteiger partial charge in [-0.1, -0.05) is 29.8 Å². The minimum atomic E-state index is -3.54. The third-order valence-electron chi connectivity index (χ3n) is 3.21. The van der Waals surface area contributed by atoms with Gasteiger partial charge in [0, 0.05) is 23.8 Å². The molecule has 0 aliphatic heterocycles. The van der Waals surface area contributed by atoms with Crippen LogP contribution >= 0.6 is 15.9 Å². The SMILES string of the molecule is Cc1ccc(CN(C)S(=O)(=O)c2ccc(N)c(Br)c2)cc1. The van der Waals surface area contributed by atoms with Gasteiger partial charge in [-0.15, -0.1) is 0 Å². The largest absolute Gasteiger partial charge is 0.398 e. The number of nitrogens with zero attached hydrogens (tertiary/aromatic N) is 1.